The molecule has 22 heavy (non-hydrogen) atoms. The van der Waals surface area contributed by atoms with Gasteiger partial charge in [0.15, 0.2) is 0 Å². The molecule has 1 amide bonds. The van der Waals surface area contributed by atoms with Crippen molar-refractivity contribution in [3.05, 3.63) is 0 Å². The molecular formula is C15H25F2NO3S. The number of carbonyl (C=O) groups excluding carboxylic acids is 1. The third kappa shape index (κ3) is 3.01. The van der Waals surface area contributed by atoms with Gasteiger partial charge in [0.1, 0.15) is 9.84 Å². The molecule has 4 nitrogen and oxygen atoms in total. The Hall–Kier alpha value is -0.720. The molecule has 7 heteroatoms. The number of sulfone groups is 1. The van der Waals surface area contributed by atoms with Crippen molar-refractivity contribution in [1.29, 1.82) is 0 Å². The highest BCUT2D eigenvalue weighted by Gasteiger charge is 2.69. The molecule has 1 heterocycles. The first-order valence-corrected chi connectivity index (χ1v) is 9.51. The second-order valence-electron chi connectivity index (χ2n) is 7.64. The largest absolute Gasteiger partial charge is 0.334 e. The van der Waals surface area contributed by atoms with Crippen LogP contribution >= 0.6 is 0 Å². The van der Waals surface area contributed by atoms with Gasteiger partial charge in [-0.3, -0.25) is 4.79 Å². The van der Waals surface area contributed by atoms with Gasteiger partial charge in [-0.2, -0.15) is 0 Å². The van der Waals surface area contributed by atoms with Crippen molar-refractivity contribution in [2.24, 2.45) is 16.7 Å². The van der Waals surface area contributed by atoms with E-state index in [0.717, 1.165) is 0 Å². The van der Waals surface area contributed by atoms with Crippen LogP contribution in [0.25, 0.3) is 0 Å². The van der Waals surface area contributed by atoms with Gasteiger partial charge in [0, 0.05) is 12.0 Å². The fourth-order valence-electron chi connectivity index (χ4n) is 3.74. The van der Waals surface area contributed by atoms with Crippen molar-refractivity contribution in [2.45, 2.75) is 53.0 Å². The normalized spacial score (nSPS) is 26.9. The Morgan fingerprint density at radius 2 is 1.59 bits per heavy atom. The minimum atomic E-state index is -3.08. The van der Waals surface area contributed by atoms with Crippen LogP contribution < -0.4 is 0 Å². The molecule has 1 saturated carbocycles. The summed E-state index contributed by atoms with van der Waals surface area (Å²) in [6.07, 6.45) is -2.09. The van der Waals surface area contributed by atoms with Crippen molar-refractivity contribution in [2.75, 3.05) is 18.1 Å². The Bertz CT molecular complexity index is 529. The lowest BCUT2D eigenvalue weighted by Gasteiger charge is -2.34. The molecule has 0 aromatic carbocycles. The molecule has 0 N–H and O–H groups in total. The van der Waals surface area contributed by atoms with E-state index in [2.05, 4.69) is 0 Å². The molecular weight excluding hydrogens is 312 g/mol. The fraction of sp³-hybridized carbons (Fsp3) is 0.933. The summed E-state index contributed by atoms with van der Waals surface area (Å²) in [6.45, 7) is 7.29. The van der Waals surface area contributed by atoms with E-state index in [1.165, 1.54) is 4.90 Å². The van der Waals surface area contributed by atoms with Crippen molar-refractivity contribution < 1.29 is 22.0 Å². The maximum absolute atomic E-state index is 12.9. The molecule has 0 unspecified atom stereocenters. The minimum Gasteiger partial charge on any atom is -0.334 e. The van der Waals surface area contributed by atoms with Crippen molar-refractivity contribution >= 4 is 15.7 Å². The molecule has 1 saturated heterocycles. The zero-order valence-electron chi connectivity index (χ0n) is 13.6. The van der Waals surface area contributed by atoms with E-state index >= 15 is 0 Å². The zero-order chi connectivity index (χ0) is 16.9. The number of hydrogen-bond donors (Lipinski definition) is 0. The lowest BCUT2D eigenvalue weighted by Crippen LogP contribution is -2.48. The molecule has 2 rings (SSSR count). The Balaban J connectivity index is 2.16. The molecule has 0 aromatic rings. The van der Waals surface area contributed by atoms with E-state index in [-0.39, 0.29) is 47.0 Å². The number of rotatable bonds is 4. The molecule has 1 aliphatic carbocycles. The molecule has 2 aliphatic rings. The SMILES string of the molecule is CC1(C)C(C(=O)N(CC(F)F)C2CCS(=O)(=O)CC2)C1(C)C. The predicted octanol–water partition coefficient (Wildman–Crippen LogP) is 2.34. The molecule has 0 radical (unpaired) electrons. The highest BCUT2D eigenvalue weighted by molar-refractivity contribution is 7.91. The first-order valence-electron chi connectivity index (χ1n) is 7.69. The lowest BCUT2D eigenvalue weighted by molar-refractivity contribution is -0.138. The quantitative estimate of drug-likeness (QED) is 0.791. The van der Waals surface area contributed by atoms with Gasteiger partial charge in [0.25, 0.3) is 6.43 Å². The van der Waals surface area contributed by atoms with Crippen LogP contribution in [0.15, 0.2) is 0 Å². The Morgan fingerprint density at radius 1 is 1.14 bits per heavy atom. The zero-order valence-corrected chi connectivity index (χ0v) is 14.4. The Morgan fingerprint density at radius 3 is 1.95 bits per heavy atom. The summed E-state index contributed by atoms with van der Waals surface area (Å²) in [5.41, 5.74) is -0.434. The molecule has 0 atom stereocenters. The van der Waals surface area contributed by atoms with Gasteiger partial charge in [-0.25, -0.2) is 17.2 Å². The smallest absolute Gasteiger partial charge is 0.255 e. The highest BCUT2D eigenvalue weighted by Crippen LogP contribution is 2.68. The number of alkyl halides is 2. The number of hydrogen-bond acceptors (Lipinski definition) is 3. The van der Waals surface area contributed by atoms with Crippen LogP contribution in [0, 0.1) is 16.7 Å². The first kappa shape index (κ1) is 17.6. The van der Waals surface area contributed by atoms with Gasteiger partial charge in [-0.15, -0.1) is 0 Å². The summed E-state index contributed by atoms with van der Waals surface area (Å²) < 4.78 is 48.8. The molecule has 0 bridgehead atoms. The summed E-state index contributed by atoms with van der Waals surface area (Å²) in [5, 5.41) is 0. The molecule has 0 aromatic heterocycles. The number of halogens is 2. The van der Waals surface area contributed by atoms with Gasteiger partial charge in [0.05, 0.1) is 18.1 Å². The van der Waals surface area contributed by atoms with Gasteiger partial charge < -0.3 is 4.90 Å². The van der Waals surface area contributed by atoms with Gasteiger partial charge in [-0.1, -0.05) is 27.7 Å². The number of carbonyl (C=O) groups is 1. The summed E-state index contributed by atoms with van der Waals surface area (Å²) in [4.78, 5) is 14.0. The van der Waals surface area contributed by atoms with E-state index in [1.54, 1.807) is 0 Å². The van der Waals surface area contributed by atoms with E-state index in [1.807, 2.05) is 27.7 Å². The summed E-state index contributed by atoms with van der Waals surface area (Å²) in [7, 11) is -3.08. The summed E-state index contributed by atoms with van der Waals surface area (Å²) in [6, 6.07) is -0.391. The Labute approximate surface area is 131 Å². The topological polar surface area (TPSA) is 54.5 Å². The molecule has 1 aliphatic heterocycles. The van der Waals surface area contributed by atoms with Crippen molar-refractivity contribution in [3.63, 3.8) is 0 Å². The van der Waals surface area contributed by atoms with Gasteiger partial charge >= 0.3 is 0 Å². The van der Waals surface area contributed by atoms with Crippen LogP contribution in [0.3, 0.4) is 0 Å². The molecule has 2 fully saturated rings. The second kappa shape index (κ2) is 5.42. The van der Waals surface area contributed by atoms with E-state index < -0.39 is 28.8 Å². The predicted molar refractivity (Wildman–Crippen MR) is 80.4 cm³/mol. The first-order chi connectivity index (χ1) is 9.90. The summed E-state index contributed by atoms with van der Waals surface area (Å²) in [5.74, 6) is -0.582. The fourth-order valence-corrected chi connectivity index (χ4v) is 5.20. The molecule has 0 spiro atoms. The van der Waals surface area contributed by atoms with Gasteiger partial charge in [-0.05, 0) is 23.7 Å². The van der Waals surface area contributed by atoms with Crippen LogP contribution in [0.1, 0.15) is 40.5 Å². The number of amides is 1. The monoisotopic (exact) mass is 337 g/mol. The lowest BCUT2D eigenvalue weighted by atomic mass is 10.0. The van der Waals surface area contributed by atoms with Crippen molar-refractivity contribution in [3.8, 4) is 0 Å². The minimum absolute atomic E-state index is 0.0257. The second-order valence-corrected chi connectivity index (χ2v) is 9.94. The third-order valence-electron chi connectivity index (χ3n) is 5.85. The van der Waals surface area contributed by atoms with Crippen molar-refractivity contribution in [1.82, 2.24) is 4.90 Å². The van der Waals surface area contributed by atoms with Gasteiger partial charge in [0.2, 0.25) is 5.91 Å². The maximum atomic E-state index is 12.9. The summed E-state index contributed by atoms with van der Waals surface area (Å²) >= 11 is 0. The van der Waals surface area contributed by atoms with E-state index in [0.29, 0.717) is 0 Å². The van der Waals surface area contributed by atoms with Crippen LogP contribution in [0.2, 0.25) is 0 Å². The highest BCUT2D eigenvalue weighted by atomic mass is 32.2. The maximum Gasteiger partial charge on any atom is 0.255 e. The van der Waals surface area contributed by atoms with Crippen LogP contribution in [0.4, 0.5) is 8.78 Å². The number of nitrogens with zero attached hydrogens (tertiary/aromatic N) is 1. The average molecular weight is 337 g/mol. The van der Waals surface area contributed by atoms with Crippen LogP contribution in [-0.2, 0) is 14.6 Å². The van der Waals surface area contributed by atoms with E-state index in [4.69, 9.17) is 0 Å². The standard InChI is InChI=1S/C15H25F2NO3S/c1-14(2)12(15(14,3)4)13(19)18(9-11(16)17)10-5-7-22(20,21)8-6-10/h10-12H,5-9H2,1-4H3. The molecule has 128 valence electrons. The van der Waals surface area contributed by atoms with Crippen LogP contribution in [0.5, 0.6) is 0 Å². The third-order valence-corrected chi connectivity index (χ3v) is 7.57. The average Bonchev–Trinajstić information content (AvgIpc) is 2.76. The van der Waals surface area contributed by atoms with Crippen LogP contribution in [-0.4, -0.2) is 49.7 Å². The van der Waals surface area contributed by atoms with E-state index in [9.17, 15) is 22.0 Å². The Kier molecular flexibility index (Phi) is 4.35.